The number of nitrogens with one attached hydrogen (secondary N) is 1. The van der Waals surface area contributed by atoms with Gasteiger partial charge in [-0.25, -0.2) is 8.42 Å². The summed E-state index contributed by atoms with van der Waals surface area (Å²) in [6.07, 6.45) is 3.34. The number of carbonyl (C=O) groups excluding carboxylic acids is 1. The van der Waals surface area contributed by atoms with Gasteiger partial charge in [-0.2, -0.15) is 4.31 Å². The van der Waals surface area contributed by atoms with Gasteiger partial charge in [0.25, 0.3) is 5.91 Å². The molecule has 0 saturated carbocycles. The summed E-state index contributed by atoms with van der Waals surface area (Å²) < 4.78 is 31.5. The highest BCUT2D eigenvalue weighted by Gasteiger charge is 2.24. The van der Waals surface area contributed by atoms with Crippen molar-refractivity contribution in [3.05, 3.63) is 65.5 Å². The van der Waals surface area contributed by atoms with Gasteiger partial charge in [0.2, 0.25) is 10.0 Å². The normalized spacial score (nSPS) is 15.5. The molecule has 0 bridgehead atoms. The van der Waals surface area contributed by atoms with Crippen molar-refractivity contribution in [3.63, 3.8) is 0 Å². The summed E-state index contributed by atoms with van der Waals surface area (Å²) in [5.74, 6) is -0.282. The second kappa shape index (κ2) is 8.39. The van der Waals surface area contributed by atoms with Gasteiger partial charge in [-0.15, -0.1) is 0 Å². The molecule has 1 aliphatic heterocycles. The Kier molecular flexibility index (Phi) is 5.97. The van der Waals surface area contributed by atoms with E-state index in [4.69, 9.17) is 4.74 Å². The highest BCUT2D eigenvalue weighted by molar-refractivity contribution is 7.88. The van der Waals surface area contributed by atoms with Crippen LogP contribution in [0.15, 0.2) is 48.8 Å². The Balaban J connectivity index is 1.58. The summed E-state index contributed by atoms with van der Waals surface area (Å²) in [6.45, 7) is 2.04. The Morgan fingerprint density at radius 3 is 2.35 bits per heavy atom. The molecular formula is C18H21N3O4S. The molecule has 8 heteroatoms. The quantitative estimate of drug-likeness (QED) is 0.819. The van der Waals surface area contributed by atoms with Crippen LogP contribution in [0.1, 0.15) is 21.5 Å². The average Bonchev–Trinajstić information content (AvgIpc) is 2.68. The molecular weight excluding hydrogens is 354 g/mol. The Morgan fingerprint density at radius 2 is 1.69 bits per heavy atom. The molecule has 138 valence electrons. The van der Waals surface area contributed by atoms with Gasteiger partial charge in [-0.1, -0.05) is 12.1 Å². The van der Waals surface area contributed by atoms with E-state index in [0.29, 0.717) is 44.0 Å². The minimum absolute atomic E-state index is 0.0775. The molecule has 3 rings (SSSR count). The fourth-order valence-corrected chi connectivity index (χ4v) is 4.17. The monoisotopic (exact) mass is 375 g/mol. The first-order valence-electron chi connectivity index (χ1n) is 8.36. The minimum atomic E-state index is -3.37. The van der Waals surface area contributed by atoms with Crippen molar-refractivity contribution in [1.82, 2.24) is 14.6 Å². The summed E-state index contributed by atoms with van der Waals surface area (Å²) in [5, 5.41) is 2.83. The van der Waals surface area contributed by atoms with Crippen LogP contribution in [0.5, 0.6) is 0 Å². The molecule has 1 aromatic carbocycles. The fourth-order valence-electron chi connectivity index (χ4n) is 2.66. The molecule has 0 aliphatic carbocycles. The fraction of sp³-hybridized carbons (Fsp3) is 0.333. The van der Waals surface area contributed by atoms with E-state index in [1.165, 1.54) is 4.31 Å². The predicted molar refractivity (Wildman–Crippen MR) is 96.9 cm³/mol. The summed E-state index contributed by atoms with van der Waals surface area (Å²) in [4.78, 5) is 16.1. The van der Waals surface area contributed by atoms with Crippen molar-refractivity contribution >= 4 is 15.9 Å². The lowest BCUT2D eigenvalue weighted by Crippen LogP contribution is -2.41. The number of nitrogens with zero attached hydrogens (tertiary/aromatic N) is 2. The molecule has 1 amide bonds. The number of carbonyl (C=O) groups is 1. The molecule has 1 saturated heterocycles. The number of sulfonamides is 1. The Bertz CT molecular complexity index is 832. The smallest absolute Gasteiger partial charge is 0.251 e. The maximum atomic E-state index is 12.4. The molecule has 0 radical (unpaired) electrons. The van der Waals surface area contributed by atoms with Crippen molar-refractivity contribution in [3.8, 4) is 0 Å². The van der Waals surface area contributed by atoms with E-state index in [0.717, 1.165) is 5.56 Å². The SMILES string of the molecule is O=C(NCc1ccncc1)c1ccc(CS(=O)(=O)N2CCOCC2)cc1. The summed E-state index contributed by atoms with van der Waals surface area (Å²) in [5.41, 5.74) is 2.11. The number of ether oxygens (including phenoxy) is 1. The average molecular weight is 375 g/mol. The summed E-state index contributed by atoms with van der Waals surface area (Å²) in [6, 6.07) is 10.3. The second-order valence-corrected chi connectivity index (χ2v) is 7.97. The van der Waals surface area contributed by atoms with Crippen LogP contribution in [0.4, 0.5) is 0 Å². The Labute approximate surface area is 153 Å². The van der Waals surface area contributed by atoms with Crippen LogP contribution in [0.3, 0.4) is 0 Å². The van der Waals surface area contributed by atoms with Gasteiger partial charge in [-0.05, 0) is 35.4 Å². The molecule has 0 unspecified atom stereocenters. The molecule has 26 heavy (non-hydrogen) atoms. The first-order chi connectivity index (χ1) is 12.5. The summed E-state index contributed by atoms with van der Waals surface area (Å²) in [7, 11) is -3.37. The van der Waals surface area contributed by atoms with E-state index in [-0.39, 0.29) is 11.7 Å². The first kappa shape index (κ1) is 18.5. The maximum absolute atomic E-state index is 12.4. The van der Waals surface area contributed by atoms with Crippen LogP contribution in [0, 0.1) is 0 Å². The lowest BCUT2D eigenvalue weighted by molar-refractivity contribution is 0.0729. The number of rotatable bonds is 6. The maximum Gasteiger partial charge on any atom is 0.251 e. The van der Waals surface area contributed by atoms with Gasteiger partial charge in [0.15, 0.2) is 0 Å². The van der Waals surface area contributed by atoms with E-state index in [9.17, 15) is 13.2 Å². The van der Waals surface area contributed by atoms with Gasteiger partial charge in [0.1, 0.15) is 0 Å². The van der Waals surface area contributed by atoms with E-state index in [2.05, 4.69) is 10.3 Å². The lowest BCUT2D eigenvalue weighted by atomic mass is 10.1. The minimum Gasteiger partial charge on any atom is -0.379 e. The second-order valence-electron chi connectivity index (χ2n) is 6.00. The van der Waals surface area contributed by atoms with Crippen LogP contribution >= 0.6 is 0 Å². The first-order valence-corrected chi connectivity index (χ1v) is 9.97. The highest BCUT2D eigenvalue weighted by atomic mass is 32.2. The molecule has 1 N–H and O–H groups in total. The Hall–Kier alpha value is -2.29. The number of pyridine rings is 1. The molecule has 2 aromatic rings. The number of hydrogen-bond acceptors (Lipinski definition) is 5. The zero-order valence-corrected chi connectivity index (χ0v) is 15.1. The third-order valence-electron chi connectivity index (χ3n) is 4.13. The molecule has 2 heterocycles. The number of morpholine rings is 1. The number of aromatic nitrogens is 1. The third-order valence-corrected chi connectivity index (χ3v) is 5.98. The van der Waals surface area contributed by atoms with Gasteiger partial charge in [0, 0.05) is 37.6 Å². The molecule has 1 fully saturated rings. The topological polar surface area (TPSA) is 88.6 Å². The van der Waals surface area contributed by atoms with E-state index < -0.39 is 10.0 Å². The highest BCUT2D eigenvalue weighted by Crippen LogP contribution is 2.14. The van der Waals surface area contributed by atoms with Gasteiger partial charge >= 0.3 is 0 Å². The van der Waals surface area contributed by atoms with E-state index in [1.54, 1.807) is 36.7 Å². The third kappa shape index (κ3) is 4.87. The van der Waals surface area contributed by atoms with Crippen molar-refractivity contribution in [1.29, 1.82) is 0 Å². The number of amides is 1. The van der Waals surface area contributed by atoms with Crippen LogP contribution in [0.25, 0.3) is 0 Å². The number of benzene rings is 1. The molecule has 1 aliphatic rings. The van der Waals surface area contributed by atoms with Crippen molar-refractivity contribution < 1.29 is 17.9 Å². The zero-order chi connectivity index (χ0) is 18.4. The standard InChI is InChI=1S/C18H21N3O4S/c22-18(20-13-15-5-7-19-8-6-15)17-3-1-16(2-4-17)14-26(23,24)21-9-11-25-12-10-21/h1-8H,9-14H2,(H,20,22). The van der Waals surface area contributed by atoms with Crippen LogP contribution in [-0.4, -0.2) is 49.9 Å². The predicted octanol–water partition coefficient (Wildman–Crippen LogP) is 1.17. The van der Waals surface area contributed by atoms with Crippen molar-refractivity contribution in [2.24, 2.45) is 0 Å². The molecule has 1 aromatic heterocycles. The van der Waals surface area contributed by atoms with Crippen molar-refractivity contribution in [2.45, 2.75) is 12.3 Å². The number of hydrogen-bond donors (Lipinski definition) is 1. The van der Waals surface area contributed by atoms with Gasteiger partial charge in [-0.3, -0.25) is 9.78 Å². The van der Waals surface area contributed by atoms with Crippen LogP contribution in [0.2, 0.25) is 0 Å². The molecule has 0 atom stereocenters. The van der Waals surface area contributed by atoms with Crippen LogP contribution in [-0.2, 0) is 27.1 Å². The van der Waals surface area contributed by atoms with E-state index in [1.807, 2.05) is 12.1 Å². The van der Waals surface area contributed by atoms with Crippen molar-refractivity contribution in [2.75, 3.05) is 26.3 Å². The summed E-state index contributed by atoms with van der Waals surface area (Å²) >= 11 is 0. The lowest BCUT2D eigenvalue weighted by Gasteiger charge is -2.26. The van der Waals surface area contributed by atoms with E-state index >= 15 is 0 Å². The van der Waals surface area contributed by atoms with Gasteiger partial charge in [0.05, 0.1) is 19.0 Å². The molecule has 7 nitrogen and oxygen atoms in total. The van der Waals surface area contributed by atoms with Gasteiger partial charge < -0.3 is 10.1 Å². The Morgan fingerprint density at radius 1 is 1.04 bits per heavy atom. The molecule has 0 spiro atoms. The largest absolute Gasteiger partial charge is 0.379 e. The zero-order valence-electron chi connectivity index (χ0n) is 14.3. The van der Waals surface area contributed by atoms with Crippen LogP contribution < -0.4 is 5.32 Å².